The van der Waals surface area contributed by atoms with Crippen LogP contribution >= 0.6 is 0 Å². The van der Waals surface area contributed by atoms with Crippen LogP contribution in [0.15, 0.2) is 54.6 Å². The molecule has 0 fully saturated rings. The van der Waals surface area contributed by atoms with Crippen molar-refractivity contribution in [1.29, 1.82) is 5.41 Å². The van der Waals surface area contributed by atoms with Crippen LogP contribution in [0, 0.1) is 5.41 Å². The Bertz CT molecular complexity index is 858. The lowest BCUT2D eigenvalue weighted by atomic mass is 10.1. The molecule has 0 atom stereocenters. The van der Waals surface area contributed by atoms with E-state index in [4.69, 9.17) is 15.0 Å². The third-order valence-electron chi connectivity index (χ3n) is 4.07. The summed E-state index contributed by atoms with van der Waals surface area (Å²) in [4.78, 5) is 17.3. The molecule has 0 spiro atoms. The highest BCUT2D eigenvalue weighted by atomic mass is 32.2. The van der Waals surface area contributed by atoms with E-state index < -0.39 is 16.9 Å². The van der Waals surface area contributed by atoms with Crippen molar-refractivity contribution in [1.82, 2.24) is 4.47 Å². The van der Waals surface area contributed by atoms with Crippen LogP contribution < -0.4 is 4.74 Å². The molecule has 0 aliphatic rings. The Morgan fingerprint density at radius 1 is 1.03 bits per heavy atom. The average molecular weight is 419 g/mol. The second-order valence-corrected chi connectivity index (χ2v) is 7.33. The first-order chi connectivity index (χ1) is 14.0. The Labute approximate surface area is 172 Å². The summed E-state index contributed by atoms with van der Waals surface area (Å²) in [6, 6.07) is 16.0. The van der Waals surface area contributed by atoms with Crippen molar-refractivity contribution in [3.05, 3.63) is 65.7 Å². The maximum Gasteiger partial charge on any atom is 0.311 e. The van der Waals surface area contributed by atoms with Gasteiger partial charge in [0.1, 0.15) is 5.75 Å². The van der Waals surface area contributed by atoms with E-state index >= 15 is 0 Å². The normalized spacial score (nSPS) is 11.0. The first kappa shape index (κ1) is 22.7. The molecule has 1 N–H and O–H groups in total. The van der Waals surface area contributed by atoms with Gasteiger partial charge in [-0.1, -0.05) is 48.1 Å². The summed E-state index contributed by atoms with van der Waals surface area (Å²) < 4.78 is 28.8. The SMILES string of the molecule is CCCC(=N)c1ccc(OC(=O)CCCN(OCc2ccccc2)[SH](=O)=O)cc1. The van der Waals surface area contributed by atoms with Gasteiger partial charge in [-0.25, -0.2) is 8.42 Å². The minimum Gasteiger partial charge on any atom is -0.427 e. The van der Waals surface area contributed by atoms with Gasteiger partial charge in [0.05, 0.1) is 6.61 Å². The molecule has 29 heavy (non-hydrogen) atoms. The number of hydroxylamine groups is 1. The van der Waals surface area contributed by atoms with E-state index in [9.17, 15) is 13.2 Å². The first-order valence-corrected chi connectivity index (χ1v) is 10.6. The van der Waals surface area contributed by atoms with Crippen molar-refractivity contribution >= 4 is 22.6 Å². The molecule has 0 radical (unpaired) electrons. The summed E-state index contributed by atoms with van der Waals surface area (Å²) in [6.07, 6.45) is 1.93. The minimum absolute atomic E-state index is 0.0573. The van der Waals surface area contributed by atoms with Gasteiger partial charge in [0.15, 0.2) is 0 Å². The fourth-order valence-electron chi connectivity index (χ4n) is 2.58. The predicted octanol–water partition coefficient (Wildman–Crippen LogP) is 3.50. The van der Waals surface area contributed by atoms with E-state index in [-0.39, 0.29) is 26.0 Å². The summed E-state index contributed by atoms with van der Waals surface area (Å²) in [5.74, 6) is -0.0550. The van der Waals surface area contributed by atoms with Crippen molar-refractivity contribution in [2.75, 3.05) is 6.54 Å². The van der Waals surface area contributed by atoms with Crippen molar-refractivity contribution in [3.63, 3.8) is 0 Å². The fourth-order valence-corrected chi connectivity index (χ4v) is 3.03. The van der Waals surface area contributed by atoms with Crippen molar-refractivity contribution < 1.29 is 22.8 Å². The number of carbonyl (C=O) groups is 1. The molecule has 0 saturated carbocycles. The average Bonchev–Trinajstić information content (AvgIpc) is 2.71. The Hall–Kier alpha value is -2.55. The predicted molar refractivity (Wildman–Crippen MR) is 111 cm³/mol. The van der Waals surface area contributed by atoms with Crippen LogP contribution in [-0.2, 0) is 27.1 Å². The lowest BCUT2D eigenvalue weighted by Crippen LogP contribution is -2.24. The third kappa shape index (κ3) is 8.15. The van der Waals surface area contributed by atoms with Gasteiger partial charge < -0.3 is 10.1 Å². The molecule has 0 aliphatic carbocycles. The second kappa shape index (κ2) is 12.1. The maximum absolute atomic E-state index is 12.0. The van der Waals surface area contributed by atoms with E-state index in [0.717, 1.165) is 22.0 Å². The summed E-state index contributed by atoms with van der Waals surface area (Å²) in [6.45, 7) is 2.21. The van der Waals surface area contributed by atoms with Crippen molar-refractivity contribution in [3.8, 4) is 5.75 Å². The van der Waals surface area contributed by atoms with Crippen LogP contribution in [0.1, 0.15) is 43.7 Å². The van der Waals surface area contributed by atoms with E-state index in [0.29, 0.717) is 17.9 Å². The largest absolute Gasteiger partial charge is 0.427 e. The Balaban J connectivity index is 1.76. The molecule has 0 amide bonds. The topological polar surface area (TPSA) is 96.8 Å². The molecular weight excluding hydrogens is 392 g/mol. The number of hydrogen-bond acceptors (Lipinski definition) is 6. The van der Waals surface area contributed by atoms with E-state index in [1.807, 2.05) is 37.3 Å². The molecule has 7 nitrogen and oxygen atoms in total. The highest BCUT2D eigenvalue weighted by Gasteiger charge is 2.11. The number of carbonyl (C=O) groups excluding carboxylic acids is 1. The molecule has 2 aromatic rings. The zero-order valence-corrected chi connectivity index (χ0v) is 17.3. The Morgan fingerprint density at radius 3 is 2.34 bits per heavy atom. The lowest BCUT2D eigenvalue weighted by molar-refractivity contribution is -0.135. The van der Waals surface area contributed by atoms with Crippen LogP contribution in [0.5, 0.6) is 5.75 Å². The van der Waals surface area contributed by atoms with Crippen LogP contribution in [0.4, 0.5) is 0 Å². The zero-order chi connectivity index (χ0) is 21.1. The first-order valence-electron chi connectivity index (χ1n) is 9.46. The molecule has 8 heteroatoms. The van der Waals surface area contributed by atoms with Gasteiger partial charge in [0.25, 0.3) is 0 Å². The summed E-state index contributed by atoms with van der Waals surface area (Å²) in [5.41, 5.74) is 2.20. The molecule has 156 valence electrons. The smallest absolute Gasteiger partial charge is 0.311 e. The summed E-state index contributed by atoms with van der Waals surface area (Å²) >= 11 is 0. The quantitative estimate of drug-likeness (QED) is 0.181. The highest BCUT2D eigenvalue weighted by Crippen LogP contribution is 2.15. The number of ether oxygens (including phenoxy) is 1. The fraction of sp³-hybridized carbons (Fsp3) is 0.333. The number of esters is 1. The summed E-state index contributed by atoms with van der Waals surface area (Å²) in [5, 5.41) is 7.92. The highest BCUT2D eigenvalue weighted by molar-refractivity contribution is 7.69. The van der Waals surface area contributed by atoms with Crippen molar-refractivity contribution in [2.45, 2.75) is 39.2 Å². The number of benzene rings is 2. The van der Waals surface area contributed by atoms with Gasteiger partial charge in [-0.15, -0.1) is 0 Å². The molecule has 2 rings (SSSR count). The number of nitrogens with one attached hydrogen (secondary N) is 1. The number of rotatable bonds is 12. The van der Waals surface area contributed by atoms with Gasteiger partial charge in [-0.3, -0.25) is 9.63 Å². The van der Waals surface area contributed by atoms with Gasteiger partial charge in [-0.05, 0) is 48.2 Å². The van der Waals surface area contributed by atoms with Crippen LogP contribution in [0.25, 0.3) is 0 Å². The Kier molecular flexibility index (Phi) is 9.49. The minimum atomic E-state index is -2.91. The van der Waals surface area contributed by atoms with E-state index in [1.54, 1.807) is 24.3 Å². The van der Waals surface area contributed by atoms with Gasteiger partial charge in [0, 0.05) is 18.7 Å². The van der Waals surface area contributed by atoms with Crippen molar-refractivity contribution in [2.24, 2.45) is 0 Å². The molecule has 0 aromatic heterocycles. The Morgan fingerprint density at radius 2 is 1.72 bits per heavy atom. The van der Waals surface area contributed by atoms with Gasteiger partial charge in [-0.2, -0.15) is 0 Å². The van der Waals surface area contributed by atoms with Crippen LogP contribution in [-0.4, -0.2) is 31.1 Å². The van der Waals surface area contributed by atoms with E-state index in [1.165, 1.54) is 0 Å². The van der Waals surface area contributed by atoms with Gasteiger partial charge in [0.2, 0.25) is 10.9 Å². The van der Waals surface area contributed by atoms with E-state index in [2.05, 4.69) is 0 Å². The molecule has 0 heterocycles. The lowest BCUT2D eigenvalue weighted by Gasteiger charge is -2.15. The standard InChI is InChI=1S/C21H26N2O5S/c1-2-7-20(22)18-11-13-19(14-12-18)28-21(24)10-6-15-23(29(25)26)27-16-17-8-4-3-5-9-17/h3-5,8-9,11-14,22,29H,2,6-7,10,15-16H2,1H3. The maximum atomic E-state index is 12.0. The monoisotopic (exact) mass is 418 g/mol. The molecular formula is C21H26N2O5S. The number of thiol groups is 1. The molecule has 0 unspecified atom stereocenters. The second-order valence-electron chi connectivity index (χ2n) is 6.40. The zero-order valence-electron chi connectivity index (χ0n) is 16.4. The summed E-state index contributed by atoms with van der Waals surface area (Å²) in [7, 11) is -2.91. The molecule has 0 bridgehead atoms. The molecule has 0 aliphatic heterocycles. The number of nitrogens with zero attached hydrogens (tertiary/aromatic N) is 1. The number of hydrogen-bond donors (Lipinski definition) is 2. The molecule has 2 aromatic carbocycles. The van der Waals surface area contributed by atoms with Crippen LogP contribution in [0.2, 0.25) is 0 Å². The van der Waals surface area contributed by atoms with Crippen LogP contribution in [0.3, 0.4) is 0 Å². The third-order valence-corrected chi connectivity index (χ3v) is 4.75. The molecule has 0 saturated heterocycles. The van der Waals surface area contributed by atoms with Gasteiger partial charge >= 0.3 is 5.97 Å².